The third-order valence-electron chi connectivity index (χ3n) is 6.91. The van der Waals surface area contributed by atoms with Crippen LogP contribution >= 0.6 is 11.6 Å². The SMILES string of the molecule is C.Cn1ncc2c1Cc1cc(Cl)ccc1N(C(=O)c1ccc(CCC(=O)C3CCC3)c(F)c1)C2. The van der Waals surface area contributed by atoms with Gasteiger partial charge in [0.15, 0.2) is 0 Å². The highest BCUT2D eigenvalue weighted by atomic mass is 35.5. The molecule has 0 bridgehead atoms. The molecule has 1 aromatic heterocycles. The monoisotopic (exact) mass is 481 g/mol. The molecule has 178 valence electrons. The van der Waals surface area contributed by atoms with Crippen molar-refractivity contribution < 1.29 is 14.0 Å². The number of Topliss-reactive ketones (excluding diaryl/α,β-unsaturated/α-hetero) is 1. The van der Waals surface area contributed by atoms with Crippen molar-refractivity contribution in [2.24, 2.45) is 13.0 Å². The van der Waals surface area contributed by atoms with Gasteiger partial charge >= 0.3 is 0 Å². The highest BCUT2D eigenvalue weighted by Crippen LogP contribution is 2.34. The van der Waals surface area contributed by atoms with E-state index in [-0.39, 0.29) is 30.6 Å². The molecule has 7 heteroatoms. The molecule has 0 spiro atoms. The van der Waals surface area contributed by atoms with E-state index in [1.807, 2.05) is 23.9 Å². The van der Waals surface area contributed by atoms with Crippen molar-refractivity contribution >= 4 is 29.0 Å². The molecule has 1 fully saturated rings. The second-order valence-electron chi connectivity index (χ2n) is 8.98. The Hall–Kier alpha value is -2.99. The average Bonchev–Trinajstić information content (AvgIpc) is 3.00. The lowest BCUT2D eigenvalue weighted by Gasteiger charge is -2.24. The Morgan fingerprint density at radius 1 is 1.15 bits per heavy atom. The largest absolute Gasteiger partial charge is 0.304 e. The lowest BCUT2D eigenvalue weighted by molar-refractivity contribution is -0.125. The van der Waals surface area contributed by atoms with Crippen LogP contribution < -0.4 is 4.90 Å². The van der Waals surface area contributed by atoms with Gasteiger partial charge in [0.2, 0.25) is 0 Å². The first kappa shape index (κ1) is 24.1. The Labute approximate surface area is 204 Å². The molecule has 5 rings (SSSR count). The fourth-order valence-corrected chi connectivity index (χ4v) is 4.87. The number of hydrogen-bond donors (Lipinski definition) is 0. The lowest BCUT2D eigenvalue weighted by atomic mass is 9.80. The summed E-state index contributed by atoms with van der Waals surface area (Å²) in [6, 6.07) is 10.0. The van der Waals surface area contributed by atoms with E-state index in [9.17, 15) is 14.0 Å². The van der Waals surface area contributed by atoms with Gasteiger partial charge in [0.05, 0.1) is 12.7 Å². The molecule has 2 aromatic carbocycles. The molecular weight excluding hydrogens is 453 g/mol. The van der Waals surface area contributed by atoms with E-state index in [4.69, 9.17) is 11.6 Å². The summed E-state index contributed by atoms with van der Waals surface area (Å²) in [5.41, 5.74) is 4.39. The van der Waals surface area contributed by atoms with Crippen LogP contribution in [0.3, 0.4) is 0 Å². The van der Waals surface area contributed by atoms with E-state index in [0.717, 1.165) is 41.8 Å². The number of fused-ring (bicyclic) bond motifs is 2. The summed E-state index contributed by atoms with van der Waals surface area (Å²) in [5.74, 6) is -0.363. The zero-order chi connectivity index (χ0) is 23.1. The first-order valence-electron chi connectivity index (χ1n) is 11.3. The quantitative estimate of drug-likeness (QED) is 0.455. The van der Waals surface area contributed by atoms with Gasteiger partial charge in [-0.25, -0.2) is 4.39 Å². The first-order chi connectivity index (χ1) is 15.9. The van der Waals surface area contributed by atoms with Gasteiger partial charge in [-0.2, -0.15) is 5.10 Å². The van der Waals surface area contributed by atoms with E-state index in [1.54, 1.807) is 29.3 Å². The molecule has 0 N–H and O–H groups in total. The molecule has 34 heavy (non-hydrogen) atoms. The third-order valence-corrected chi connectivity index (χ3v) is 7.15. The molecule has 1 amide bonds. The van der Waals surface area contributed by atoms with Crippen LogP contribution in [0.25, 0.3) is 0 Å². The van der Waals surface area contributed by atoms with E-state index >= 15 is 0 Å². The number of carbonyl (C=O) groups is 2. The zero-order valence-electron chi connectivity index (χ0n) is 18.5. The first-order valence-corrected chi connectivity index (χ1v) is 11.7. The maximum Gasteiger partial charge on any atom is 0.258 e. The fourth-order valence-electron chi connectivity index (χ4n) is 4.68. The number of amides is 1. The predicted octanol–water partition coefficient (Wildman–Crippen LogP) is 5.90. The Kier molecular flexibility index (Phi) is 6.89. The van der Waals surface area contributed by atoms with Crippen LogP contribution in [-0.4, -0.2) is 21.5 Å². The van der Waals surface area contributed by atoms with E-state index in [2.05, 4.69) is 5.10 Å². The van der Waals surface area contributed by atoms with E-state index < -0.39 is 5.82 Å². The van der Waals surface area contributed by atoms with Crippen molar-refractivity contribution in [2.75, 3.05) is 4.90 Å². The normalized spacial score (nSPS) is 15.0. The summed E-state index contributed by atoms with van der Waals surface area (Å²) in [4.78, 5) is 27.4. The maximum atomic E-state index is 14.9. The van der Waals surface area contributed by atoms with Gasteiger partial charge in [-0.05, 0) is 60.7 Å². The number of ketones is 1. The number of hydrogen-bond acceptors (Lipinski definition) is 3. The number of benzene rings is 2. The fraction of sp³-hybridized carbons (Fsp3) is 0.370. The van der Waals surface area contributed by atoms with E-state index in [1.165, 1.54) is 6.07 Å². The summed E-state index contributed by atoms with van der Waals surface area (Å²) >= 11 is 6.24. The average molecular weight is 482 g/mol. The summed E-state index contributed by atoms with van der Waals surface area (Å²) < 4.78 is 16.7. The smallest absolute Gasteiger partial charge is 0.258 e. The Balaban J connectivity index is 0.00000274. The Morgan fingerprint density at radius 2 is 1.94 bits per heavy atom. The summed E-state index contributed by atoms with van der Waals surface area (Å²) in [6.07, 6.45) is 6.10. The number of rotatable bonds is 5. The van der Waals surface area contributed by atoms with Gasteiger partial charge in [-0.1, -0.05) is 31.5 Å². The van der Waals surface area contributed by atoms with Gasteiger partial charge in [-0.15, -0.1) is 0 Å². The maximum absolute atomic E-state index is 14.9. The summed E-state index contributed by atoms with van der Waals surface area (Å²) in [7, 11) is 1.88. The van der Waals surface area contributed by atoms with E-state index in [0.29, 0.717) is 36.4 Å². The summed E-state index contributed by atoms with van der Waals surface area (Å²) in [5, 5.41) is 4.94. The van der Waals surface area contributed by atoms with Crippen LogP contribution in [0.5, 0.6) is 0 Å². The minimum Gasteiger partial charge on any atom is -0.304 e. The van der Waals surface area contributed by atoms with Crippen molar-refractivity contribution in [3.05, 3.63) is 81.4 Å². The third kappa shape index (κ3) is 4.51. The molecule has 1 saturated carbocycles. The number of nitrogens with zero attached hydrogens (tertiary/aromatic N) is 3. The standard InChI is InChI=1S/C26H25ClFN3O2.CH4/c1-30-24-13-19-11-21(27)8-9-23(19)31(15-20(24)14-29-30)26(33)18-6-5-16(22(28)12-18)7-10-25(32)17-3-2-4-17;/h5-6,8-9,11-12,14,17H,2-4,7,10,13,15H2,1H3;1H4. The highest BCUT2D eigenvalue weighted by molar-refractivity contribution is 6.30. The minimum atomic E-state index is -0.449. The van der Waals surface area contributed by atoms with Crippen LogP contribution in [0, 0.1) is 11.7 Å². The molecule has 3 aromatic rings. The second-order valence-corrected chi connectivity index (χ2v) is 9.42. The van der Waals surface area contributed by atoms with Crippen molar-refractivity contribution in [3.8, 4) is 0 Å². The Morgan fingerprint density at radius 3 is 2.65 bits per heavy atom. The van der Waals surface area contributed by atoms with Crippen LogP contribution in [0.4, 0.5) is 10.1 Å². The van der Waals surface area contributed by atoms with Crippen molar-refractivity contribution in [2.45, 2.75) is 52.5 Å². The van der Waals surface area contributed by atoms with Crippen LogP contribution in [0.2, 0.25) is 5.02 Å². The van der Waals surface area contributed by atoms with Crippen LogP contribution in [-0.2, 0) is 31.2 Å². The van der Waals surface area contributed by atoms with Crippen molar-refractivity contribution in [3.63, 3.8) is 0 Å². The summed E-state index contributed by atoms with van der Waals surface area (Å²) in [6.45, 7) is 0.343. The van der Waals surface area contributed by atoms with Crippen molar-refractivity contribution in [1.82, 2.24) is 9.78 Å². The number of anilines is 1. The zero-order valence-corrected chi connectivity index (χ0v) is 19.2. The molecule has 0 saturated heterocycles. The van der Waals surface area contributed by atoms with Crippen LogP contribution in [0.1, 0.15) is 65.9 Å². The molecule has 1 aliphatic heterocycles. The predicted molar refractivity (Wildman–Crippen MR) is 132 cm³/mol. The van der Waals surface area contributed by atoms with Gasteiger partial charge in [-0.3, -0.25) is 14.3 Å². The van der Waals surface area contributed by atoms with Gasteiger partial charge in [0, 0.05) is 53.3 Å². The topological polar surface area (TPSA) is 55.2 Å². The molecular formula is C27H29ClFN3O2. The number of halogens is 2. The molecule has 0 unspecified atom stereocenters. The van der Waals surface area contributed by atoms with Gasteiger partial charge in [0.1, 0.15) is 11.6 Å². The molecule has 0 radical (unpaired) electrons. The number of aryl methyl sites for hydroxylation is 2. The molecule has 0 atom stereocenters. The van der Waals surface area contributed by atoms with Crippen LogP contribution in [0.15, 0.2) is 42.6 Å². The highest BCUT2D eigenvalue weighted by Gasteiger charge is 2.28. The second kappa shape index (κ2) is 9.71. The number of carbonyl (C=O) groups excluding carboxylic acids is 2. The lowest BCUT2D eigenvalue weighted by Crippen LogP contribution is -2.30. The van der Waals surface area contributed by atoms with Crippen molar-refractivity contribution in [1.29, 1.82) is 0 Å². The molecule has 2 heterocycles. The number of aromatic nitrogens is 2. The Bertz CT molecular complexity index is 1250. The minimum absolute atomic E-state index is 0. The molecule has 1 aliphatic carbocycles. The van der Waals surface area contributed by atoms with Gasteiger partial charge < -0.3 is 4.90 Å². The molecule has 5 nitrogen and oxygen atoms in total. The molecule has 2 aliphatic rings. The van der Waals surface area contributed by atoms with Gasteiger partial charge in [0.25, 0.3) is 5.91 Å².